The van der Waals surface area contributed by atoms with E-state index in [-0.39, 0.29) is 13.0 Å². The number of hydrogen-bond acceptors (Lipinski definition) is 4. The van der Waals surface area contributed by atoms with Gasteiger partial charge in [-0.1, -0.05) is 0 Å². The third-order valence-corrected chi connectivity index (χ3v) is 4.17. The summed E-state index contributed by atoms with van der Waals surface area (Å²) in [5.74, 6) is -1.18. The first kappa shape index (κ1) is 14.6. The van der Waals surface area contributed by atoms with Crippen LogP contribution in [0.4, 0.5) is 18.3 Å². The molecule has 1 aliphatic heterocycles. The predicted octanol–water partition coefficient (Wildman–Crippen LogP) is 3.35. The molecule has 2 heterocycles. The van der Waals surface area contributed by atoms with Gasteiger partial charge < -0.3 is 5.32 Å². The number of anilines is 1. The summed E-state index contributed by atoms with van der Waals surface area (Å²) in [4.78, 5) is 7.09. The predicted molar refractivity (Wildman–Crippen MR) is 70.3 cm³/mol. The summed E-state index contributed by atoms with van der Waals surface area (Å²) in [7, 11) is 0. The fourth-order valence-electron chi connectivity index (χ4n) is 2.30. The van der Waals surface area contributed by atoms with E-state index in [9.17, 15) is 13.2 Å². The number of hydrogen-bond donors (Lipinski definition) is 1. The zero-order valence-electron chi connectivity index (χ0n) is 10.8. The fraction of sp³-hybridized carbons (Fsp3) is 0.750. The first-order valence-electron chi connectivity index (χ1n) is 6.46. The van der Waals surface area contributed by atoms with Crippen molar-refractivity contribution in [3.8, 4) is 0 Å². The first-order chi connectivity index (χ1) is 8.99. The second-order valence-corrected chi connectivity index (χ2v) is 5.89. The van der Waals surface area contributed by atoms with Crippen molar-refractivity contribution in [1.82, 2.24) is 9.88 Å². The van der Waals surface area contributed by atoms with Crippen LogP contribution in [-0.2, 0) is 6.54 Å². The zero-order chi connectivity index (χ0) is 13.9. The summed E-state index contributed by atoms with van der Waals surface area (Å²) < 4.78 is 38.1. The smallest absolute Gasteiger partial charge is 0.362 e. The monoisotopic (exact) mass is 293 g/mol. The van der Waals surface area contributed by atoms with E-state index in [0.29, 0.717) is 13.0 Å². The van der Waals surface area contributed by atoms with Crippen molar-refractivity contribution in [2.45, 2.75) is 32.5 Å². The van der Waals surface area contributed by atoms with Gasteiger partial charge in [0.15, 0.2) is 5.13 Å². The molecule has 0 bridgehead atoms. The molecule has 1 unspecified atom stereocenters. The third-order valence-electron chi connectivity index (χ3n) is 3.23. The molecular formula is C12H18F3N3S. The number of nitrogens with one attached hydrogen (secondary N) is 1. The van der Waals surface area contributed by atoms with Gasteiger partial charge in [-0.3, -0.25) is 4.90 Å². The van der Waals surface area contributed by atoms with Crippen molar-refractivity contribution in [2.24, 2.45) is 5.92 Å². The Kier molecular flexibility index (Phi) is 4.67. The number of piperidine rings is 1. The number of thiazole rings is 1. The highest BCUT2D eigenvalue weighted by Gasteiger charge is 2.41. The van der Waals surface area contributed by atoms with Crippen molar-refractivity contribution in [2.75, 3.05) is 25.0 Å². The lowest BCUT2D eigenvalue weighted by Gasteiger charge is -2.33. The van der Waals surface area contributed by atoms with E-state index >= 15 is 0 Å². The maximum atomic E-state index is 12.7. The molecule has 0 amide bonds. The minimum atomic E-state index is -4.07. The Morgan fingerprint density at radius 3 is 3.00 bits per heavy atom. The fourth-order valence-corrected chi connectivity index (χ4v) is 3.22. The summed E-state index contributed by atoms with van der Waals surface area (Å²) in [6.07, 6.45) is -1.45. The number of aromatic nitrogens is 1. The number of halogens is 3. The van der Waals surface area contributed by atoms with Crippen LogP contribution < -0.4 is 5.32 Å². The van der Waals surface area contributed by atoms with Crippen LogP contribution >= 0.6 is 11.3 Å². The van der Waals surface area contributed by atoms with E-state index < -0.39 is 12.1 Å². The average molecular weight is 293 g/mol. The third kappa shape index (κ3) is 4.07. The maximum absolute atomic E-state index is 12.7. The molecule has 1 saturated heterocycles. The molecule has 19 heavy (non-hydrogen) atoms. The average Bonchev–Trinajstić information content (AvgIpc) is 2.76. The van der Waals surface area contributed by atoms with Crippen molar-refractivity contribution in [3.63, 3.8) is 0 Å². The molecule has 0 radical (unpaired) electrons. The highest BCUT2D eigenvalue weighted by atomic mass is 32.1. The molecule has 3 nitrogen and oxygen atoms in total. The summed E-state index contributed by atoms with van der Waals surface area (Å²) in [6.45, 7) is 4.20. The molecule has 1 aliphatic rings. The molecule has 1 fully saturated rings. The lowest BCUT2D eigenvalue weighted by Crippen LogP contribution is -2.41. The van der Waals surface area contributed by atoms with Gasteiger partial charge in [0.25, 0.3) is 0 Å². The molecule has 1 N–H and O–H groups in total. The molecule has 1 aromatic rings. The molecule has 0 saturated carbocycles. The summed E-state index contributed by atoms with van der Waals surface area (Å²) in [5, 5.41) is 3.94. The topological polar surface area (TPSA) is 28.2 Å². The van der Waals surface area contributed by atoms with Gasteiger partial charge in [-0.2, -0.15) is 13.2 Å². The Hall–Kier alpha value is -0.820. The van der Waals surface area contributed by atoms with Crippen LogP contribution in [0.5, 0.6) is 0 Å². The summed E-state index contributed by atoms with van der Waals surface area (Å²) in [6, 6.07) is 0. The lowest BCUT2D eigenvalue weighted by molar-refractivity contribution is -0.187. The largest absolute Gasteiger partial charge is 0.393 e. The molecule has 0 aromatic carbocycles. The van der Waals surface area contributed by atoms with E-state index in [1.807, 2.05) is 11.8 Å². The number of rotatable bonds is 4. The molecule has 2 rings (SSSR count). The van der Waals surface area contributed by atoms with Crippen LogP contribution in [0.15, 0.2) is 6.20 Å². The van der Waals surface area contributed by atoms with Crippen LogP contribution in [0.25, 0.3) is 0 Å². The SMILES string of the molecule is CCNc1ncc(CN2CCCC(C(F)(F)F)C2)s1. The van der Waals surface area contributed by atoms with Gasteiger partial charge in [0.2, 0.25) is 0 Å². The second kappa shape index (κ2) is 6.09. The van der Waals surface area contributed by atoms with E-state index in [4.69, 9.17) is 0 Å². The summed E-state index contributed by atoms with van der Waals surface area (Å²) >= 11 is 1.51. The molecule has 7 heteroatoms. The van der Waals surface area contributed by atoms with Crippen molar-refractivity contribution in [1.29, 1.82) is 0 Å². The number of alkyl halides is 3. The van der Waals surface area contributed by atoms with Gasteiger partial charge in [0.05, 0.1) is 5.92 Å². The molecule has 0 spiro atoms. The Labute approximate surface area is 114 Å². The zero-order valence-corrected chi connectivity index (χ0v) is 11.7. The molecule has 1 aromatic heterocycles. The summed E-state index contributed by atoms with van der Waals surface area (Å²) in [5.41, 5.74) is 0. The van der Waals surface area contributed by atoms with E-state index in [2.05, 4.69) is 10.3 Å². The Morgan fingerprint density at radius 2 is 2.32 bits per heavy atom. The highest BCUT2D eigenvalue weighted by molar-refractivity contribution is 7.15. The van der Waals surface area contributed by atoms with E-state index in [0.717, 1.165) is 23.1 Å². The Bertz CT molecular complexity index is 405. The molecule has 108 valence electrons. The molecule has 1 atom stereocenters. The van der Waals surface area contributed by atoms with Gasteiger partial charge in [-0.15, -0.1) is 11.3 Å². The highest BCUT2D eigenvalue weighted by Crippen LogP contribution is 2.33. The van der Waals surface area contributed by atoms with Crippen LogP contribution in [0.3, 0.4) is 0 Å². The van der Waals surface area contributed by atoms with Crippen molar-refractivity contribution < 1.29 is 13.2 Å². The van der Waals surface area contributed by atoms with E-state index in [1.165, 1.54) is 11.3 Å². The van der Waals surface area contributed by atoms with Gasteiger partial charge in [0, 0.05) is 30.7 Å². The van der Waals surface area contributed by atoms with Gasteiger partial charge in [-0.05, 0) is 26.3 Å². The second-order valence-electron chi connectivity index (χ2n) is 4.78. The Balaban J connectivity index is 1.91. The minimum absolute atomic E-state index is 0.109. The number of nitrogens with zero attached hydrogens (tertiary/aromatic N) is 2. The first-order valence-corrected chi connectivity index (χ1v) is 7.28. The normalized spacial score (nSPS) is 21.6. The maximum Gasteiger partial charge on any atom is 0.393 e. The molecular weight excluding hydrogens is 275 g/mol. The quantitative estimate of drug-likeness (QED) is 0.922. The van der Waals surface area contributed by atoms with Crippen LogP contribution in [0, 0.1) is 5.92 Å². The minimum Gasteiger partial charge on any atom is -0.362 e. The van der Waals surface area contributed by atoms with Crippen LogP contribution in [0.2, 0.25) is 0 Å². The number of likely N-dealkylation sites (tertiary alicyclic amines) is 1. The Morgan fingerprint density at radius 1 is 1.53 bits per heavy atom. The standard InChI is InChI=1S/C12H18F3N3S/c1-2-16-11-17-6-10(19-11)8-18-5-3-4-9(7-18)12(13,14)15/h6,9H,2-5,7-8H2,1H3,(H,16,17). The van der Waals surface area contributed by atoms with E-state index in [1.54, 1.807) is 6.20 Å². The molecule has 0 aliphatic carbocycles. The van der Waals surface area contributed by atoms with Crippen LogP contribution in [-0.4, -0.2) is 35.7 Å². The van der Waals surface area contributed by atoms with Gasteiger partial charge in [0.1, 0.15) is 0 Å². The van der Waals surface area contributed by atoms with Crippen molar-refractivity contribution in [3.05, 3.63) is 11.1 Å². The lowest BCUT2D eigenvalue weighted by atomic mass is 9.97. The van der Waals surface area contributed by atoms with Crippen molar-refractivity contribution >= 4 is 16.5 Å². The van der Waals surface area contributed by atoms with Crippen LogP contribution in [0.1, 0.15) is 24.6 Å². The van der Waals surface area contributed by atoms with Gasteiger partial charge in [-0.25, -0.2) is 4.98 Å². The van der Waals surface area contributed by atoms with Gasteiger partial charge >= 0.3 is 6.18 Å².